The zero-order valence-electron chi connectivity index (χ0n) is 35.7. The normalized spacial score (nSPS) is 29.8. The molecule has 0 aromatic rings. The number of allylic oxidation sites excluding steroid dienone is 3. The second-order valence-corrected chi connectivity index (χ2v) is 18.3. The van der Waals surface area contributed by atoms with Gasteiger partial charge in [-0.1, -0.05) is 115 Å². The lowest BCUT2D eigenvalue weighted by atomic mass is 9.47. The summed E-state index contributed by atoms with van der Waals surface area (Å²) in [7, 11) is 2.08. The third kappa shape index (κ3) is 14.0. The second-order valence-electron chi connectivity index (χ2n) is 18.0. The quantitative estimate of drug-likeness (QED) is 0.0219. The SMILES string of the molecule is CCCCC/C=C\C(/C=C\CCCCCCCC(=O)OCC(COP)OO)OC1C=C2CC[C@H]3[C@@H]4CC[C@H](OC(=O)CCCCCC)[C@@]4(C)CC[C@@H]3[C@@]2(C)CC1. The molecule has 0 aromatic carbocycles. The van der Waals surface area contributed by atoms with Gasteiger partial charge in [0.25, 0.3) is 0 Å². The molecule has 0 heterocycles. The van der Waals surface area contributed by atoms with Crippen molar-refractivity contribution in [3.63, 3.8) is 0 Å². The number of hydrogen-bond acceptors (Lipinski definition) is 8. The van der Waals surface area contributed by atoms with Crippen LogP contribution >= 0.6 is 9.47 Å². The molecule has 4 unspecified atom stereocenters. The molecule has 10 atom stereocenters. The highest BCUT2D eigenvalue weighted by Gasteiger charge is 2.60. The Morgan fingerprint density at radius 3 is 2.18 bits per heavy atom. The van der Waals surface area contributed by atoms with Crippen LogP contribution in [0.25, 0.3) is 0 Å². The van der Waals surface area contributed by atoms with E-state index in [0.29, 0.717) is 24.7 Å². The highest BCUT2D eigenvalue weighted by molar-refractivity contribution is 7.09. The van der Waals surface area contributed by atoms with Gasteiger partial charge in [0.05, 0.1) is 18.8 Å². The number of hydrogen-bond donors (Lipinski definition) is 1. The van der Waals surface area contributed by atoms with E-state index in [4.69, 9.17) is 24.0 Å². The third-order valence-corrected chi connectivity index (χ3v) is 14.3. The van der Waals surface area contributed by atoms with Gasteiger partial charge in [-0.2, -0.15) is 0 Å². The Labute approximate surface area is 342 Å². The molecule has 1 N–H and O–H groups in total. The predicted molar refractivity (Wildman–Crippen MR) is 228 cm³/mol. The van der Waals surface area contributed by atoms with Crippen molar-refractivity contribution in [2.75, 3.05) is 13.2 Å². The van der Waals surface area contributed by atoms with E-state index in [9.17, 15) is 9.59 Å². The van der Waals surface area contributed by atoms with Crippen LogP contribution in [0.4, 0.5) is 0 Å². The largest absolute Gasteiger partial charge is 0.463 e. The van der Waals surface area contributed by atoms with Crippen molar-refractivity contribution >= 4 is 21.4 Å². The van der Waals surface area contributed by atoms with Gasteiger partial charge in [0, 0.05) is 27.7 Å². The lowest BCUT2D eigenvalue weighted by Crippen LogP contribution is -2.52. The summed E-state index contributed by atoms with van der Waals surface area (Å²) in [5, 5.41) is 8.82. The molecule has 0 amide bonds. The zero-order chi connectivity index (χ0) is 40.2. The molecule has 56 heavy (non-hydrogen) atoms. The summed E-state index contributed by atoms with van der Waals surface area (Å²) in [5.74, 6) is 1.87. The second kappa shape index (κ2) is 25.1. The fraction of sp³-hybridized carbons (Fsp3) is 0.830. The molecule has 8 nitrogen and oxygen atoms in total. The van der Waals surface area contributed by atoms with Gasteiger partial charge in [-0.15, -0.1) is 0 Å². The fourth-order valence-corrected chi connectivity index (χ4v) is 10.9. The Hall–Kier alpha value is -1.57. The van der Waals surface area contributed by atoms with Crippen LogP contribution in [0.3, 0.4) is 0 Å². The standard InChI is InChI=1S/C47H79O8P/c1-5-7-9-14-17-21-37(22-18-15-12-11-13-16-20-23-44(48)51-34-39(55-50)35-52-56)53-38-29-31-46(3)36(33-38)25-26-40-41-27-28-43(47(41,4)32-30-42(40)46)54-45(49)24-19-10-8-6-2/h17-18,21-22,33,37-43,50H,5-16,19-20,23-32,34-35,56H2,1-4H3/b21-17-,22-18-/t37?,38?,39?,40-,41-,42-,43-,46-,47-/m0/s1. The summed E-state index contributed by atoms with van der Waals surface area (Å²) < 4.78 is 23.1. The van der Waals surface area contributed by atoms with E-state index in [1.807, 2.05) is 0 Å². The molecule has 0 aliphatic heterocycles. The third-order valence-electron chi connectivity index (χ3n) is 14.1. The van der Waals surface area contributed by atoms with Gasteiger partial charge in [-0.3, -0.25) is 14.8 Å². The highest BCUT2D eigenvalue weighted by atomic mass is 31.0. The maximum Gasteiger partial charge on any atom is 0.306 e. The number of ether oxygens (including phenoxy) is 3. The first kappa shape index (κ1) is 47.1. The van der Waals surface area contributed by atoms with Gasteiger partial charge in [-0.25, -0.2) is 4.89 Å². The maximum atomic E-state index is 12.8. The monoisotopic (exact) mass is 803 g/mol. The van der Waals surface area contributed by atoms with E-state index >= 15 is 0 Å². The minimum absolute atomic E-state index is 0.0103. The van der Waals surface area contributed by atoms with Crippen LogP contribution < -0.4 is 0 Å². The van der Waals surface area contributed by atoms with Crippen molar-refractivity contribution in [2.24, 2.45) is 28.6 Å². The van der Waals surface area contributed by atoms with E-state index in [0.717, 1.165) is 76.5 Å². The van der Waals surface area contributed by atoms with E-state index in [1.54, 1.807) is 5.57 Å². The fourth-order valence-electron chi connectivity index (χ4n) is 10.7. The molecule has 0 radical (unpaired) electrons. The van der Waals surface area contributed by atoms with Gasteiger partial charge in [0.15, 0.2) is 6.10 Å². The topological polar surface area (TPSA) is 101 Å². The van der Waals surface area contributed by atoms with Crippen molar-refractivity contribution < 1.29 is 38.5 Å². The van der Waals surface area contributed by atoms with E-state index in [2.05, 4.69) is 72.4 Å². The number of esters is 2. The Morgan fingerprint density at radius 2 is 1.46 bits per heavy atom. The Morgan fingerprint density at radius 1 is 0.804 bits per heavy atom. The lowest BCUT2D eigenvalue weighted by molar-refractivity contribution is -0.289. The van der Waals surface area contributed by atoms with Crippen LogP contribution in [0.1, 0.15) is 182 Å². The Bertz CT molecular complexity index is 1250. The van der Waals surface area contributed by atoms with Crippen molar-refractivity contribution in [3.8, 4) is 0 Å². The number of carbonyl (C=O) groups excluding carboxylic acids is 2. The summed E-state index contributed by atoms with van der Waals surface area (Å²) in [6.45, 7) is 9.60. The molecule has 0 aromatic heterocycles. The summed E-state index contributed by atoms with van der Waals surface area (Å²) in [5.41, 5.74) is 2.02. The first-order chi connectivity index (χ1) is 27.2. The molecule has 3 saturated carbocycles. The molecule has 9 heteroatoms. The molecule has 0 bridgehead atoms. The Balaban J connectivity index is 1.24. The van der Waals surface area contributed by atoms with Crippen molar-refractivity contribution in [1.29, 1.82) is 0 Å². The van der Waals surface area contributed by atoms with E-state index < -0.39 is 6.10 Å². The van der Waals surface area contributed by atoms with Gasteiger partial charge in [-0.05, 0) is 113 Å². The minimum atomic E-state index is -0.674. The molecule has 320 valence electrons. The molecule has 3 fully saturated rings. The summed E-state index contributed by atoms with van der Waals surface area (Å²) >= 11 is 0. The van der Waals surface area contributed by atoms with Gasteiger partial charge < -0.3 is 18.7 Å². The van der Waals surface area contributed by atoms with Crippen molar-refractivity contribution in [1.82, 2.24) is 0 Å². The van der Waals surface area contributed by atoms with Crippen LogP contribution in [-0.4, -0.2) is 54.8 Å². The Kier molecular flexibility index (Phi) is 21.2. The van der Waals surface area contributed by atoms with Crippen LogP contribution in [0, 0.1) is 28.6 Å². The molecule has 4 rings (SSSR count). The van der Waals surface area contributed by atoms with Crippen LogP contribution in [0.2, 0.25) is 0 Å². The van der Waals surface area contributed by atoms with Crippen LogP contribution in [0.15, 0.2) is 36.0 Å². The molecule has 4 aliphatic carbocycles. The predicted octanol–water partition coefficient (Wildman–Crippen LogP) is 12.2. The molecular formula is C47H79O8P. The first-order valence-electron chi connectivity index (χ1n) is 22.8. The number of fused-ring (bicyclic) bond motifs is 5. The van der Waals surface area contributed by atoms with Gasteiger partial charge in [0.1, 0.15) is 12.7 Å². The van der Waals surface area contributed by atoms with Crippen molar-refractivity contribution in [3.05, 3.63) is 36.0 Å². The van der Waals surface area contributed by atoms with Crippen molar-refractivity contribution in [2.45, 2.75) is 206 Å². The summed E-state index contributed by atoms with van der Waals surface area (Å²) in [6, 6.07) is 0. The zero-order valence-corrected chi connectivity index (χ0v) is 36.8. The smallest absolute Gasteiger partial charge is 0.306 e. The van der Waals surface area contributed by atoms with Gasteiger partial charge >= 0.3 is 11.9 Å². The van der Waals surface area contributed by atoms with Gasteiger partial charge in [0.2, 0.25) is 0 Å². The average molecular weight is 803 g/mol. The van der Waals surface area contributed by atoms with E-state index in [-0.39, 0.29) is 54.3 Å². The van der Waals surface area contributed by atoms with E-state index in [1.165, 1.54) is 70.6 Å². The van der Waals surface area contributed by atoms with Crippen LogP contribution in [-0.2, 0) is 33.2 Å². The first-order valence-corrected chi connectivity index (χ1v) is 23.3. The number of carbonyl (C=O) groups is 2. The molecular weight excluding hydrogens is 723 g/mol. The maximum absolute atomic E-state index is 12.8. The summed E-state index contributed by atoms with van der Waals surface area (Å²) in [4.78, 5) is 29.1. The number of rotatable bonds is 27. The summed E-state index contributed by atoms with van der Waals surface area (Å²) in [6.07, 6.45) is 37.1. The average Bonchev–Trinajstić information content (AvgIpc) is 3.52. The lowest BCUT2D eigenvalue weighted by Gasteiger charge is -2.58. The highest BCUT2D eigenvalue weighted by Crippen LogP contribution is 2.66. The van der Waals surface area contributed by atoms with Crippen LogP contribution in [0.5, 0.6) is 0 Å². The molecule has 4 aliphatic rings. The number of unbranched alkanes of at least 4 members (excludes halogenated alkanes) is 11. The molecule has 0 saturated heterocycles. The molecule has 0 spiro atoms. The minimum Gasteiger partial charge on any atom is -0.463 e.